The summed E-state index contributed by atoms with van der Waals surface area (Å²) in [5.41, 5.74) is 0.403. The van der Waals surface area contributed by atoms with Gasteiger partial charge in [-0.05, 0) is 18.8 Å². The van der Waals surface area contributed by atoms with Gasteiger partial charge in [-0.3, -0.25) is 0 Å². The molecule has 0 saturated carbocycles. The first-order chi connectivity index (χ1) is 10.1. The molecule has 2 aromatic heterocycles. The van der Waals surface area contributed by atoms with Crippen molar-refractivity contribution in [3.05, 3.63) is 11.2 Å². The van der Waals surface area contributed by atoms with Crippen molar-refractivity contribution >= 4 is 22.4 Å². The van der Waals surface area contributed by atoms with Gasteiger partial charge in [0.25, 0.3) is 0 Å². The number of thiazole rings is 1. The van der Waals surface area contributed by atoms with E-state index >= 15 is 0 Å². The molecule has 0 spiro atoms. The van der Waals surface area contributed by atoms with E-state index in [4.69, 9.17) is 0 Å². The second-order valence-electron chi connectivity index (χ2n) is 5.38. The summed E-state index contributed by atoms with van der Waals surface area (Å²) in [5, 5.41) is 14.2. The average molecular weight is 307 g/mol. The molecule has 1 saturated heterocycles. The Morgan fingerprint density at radius 3 is 2.95 bits per heavy atom. The van der Waals surface area contributed by atoms with Crippen LogP contribution in [0.3, 0.4) is 0 Å². The minimum Gasteiger partial charge on any atom is -0.477 e. The molecule has 3 rings (SSSR count). The number of hydrogen-bond acceptors (Lipinski definition) is 6. The molecule has 2 aromatic rings. The maximum Gasteiger partial charge on any atom is 0.348 e. The third kappa shape index (κ3) is 2.63. The van der Waals surface area contributed by atoms with Gasteiger partial charge in [0.2, 0.25) is 0 Å². The first-order valence-electron chi connectivity index (χ1n) is 6.89. The molecular weight excluding hydrogens is 290 g/mol. The number of carbonyl (C=O) groups is 1. The van der Waals surface area contributed by atoms with Crippen LogP contribution in [-0.2, 0) is 7.05 Å². The number of rotatable bonds is 3. The molecule has 1 aliphatic rings. The number of hydrogen-bond donors (Lipinski definition) is 1. The number of aromatic nitrogens is 4. The number of aryl methyl sites for hydroxylation is 1. The summed E-state index contributed by atoms with van der Waals surface area (Å²) in [5.74, 6) is 0.121. The van der Waals surface area contributed by atoms with Gasteiger partial charge < -0.3 is 10.0 Å². The van der Waals surface area contributed by atoms with Gasteiger partial charge in [-0.15, -0.1) is 0 Å². The fourth-order valence-corrected chi connectivity index (χ4v) is 3.55. The van der Waals surface area contributed by atoms with E-state index in [2.05, 4.69) is 26.9 Å². The summed E-state index contributed by atoms with van der Waals surface area (Å²) in [7, 11) is 1.73. The smallest absolute Gasteiger partial charge is 0.348 e. The second kappa shape index (κ2) is 5.44. The zero-order valence-corrected chi connectivity index (χ0v) is 12.8. The Kier molecular flexibility index (Phi) is 3.62. The number of aromatic carboxylic acids is 1. The summed E-state index contributed by atoms with van der Waals surface area (Å²) in [6, 6.07) is 0. The molecule has 112 valence electrons. The van der Waals surface area contributed by atoms with Gasteiger partial charge in [-0.1, -0.05) is 18.3 Å². The Hall–Kier alpha value is -1.96. The molecule has 0 unspecified atom stereocenters. The molecular formula is C13H17N5O2S. The van der Waals surface area contributed by atoms with Crippen molar-refractivity contribution in [1.29, 1.82) is 0 Å². The Morgan fingerprint density at radius 1 is 1.52 bits per heavy atom. The van der Waals surface area contributed by atoms with Gasteiger partial charge >= 0.3 is 5.97 Å². The van der Waals surface area contributed by atoms with Crippen molar-refractivity contribution in [3.63, 3.8) is 0 Å². The number of piperidine rings is 1. The van der Waals surface area contributed by atoms with Crippen LogP contribution in [0.1, 0.15) is 29.4 Å². The molecule has 7 nitrogen and oxygen atoms in total. The van der Waals surface area contributed by atoms with E-state index in [9.17, 15) is 9.90 Å². The quantitative estimate of drug-likeness (QED) is 0.932. The third-order valence-corrected chi connectivity index (χ3v) is 4.76. The van der Waals surface area contributed by atoms with Crippen LogP contribution < -0.4 is 4.90 Å². The van der Waals surface area contributed by atoms with E-state index in [1.54, 1.807) is 11.7 Å². The first kappa shape index (κ1) is 14.0. The fourth-order valence-electron chi connectivity index (χ4n) is 2.61. The van der Waals surface area contributed by atoms with Crippen LogP contribution in [0.4, 0.5) is 5.13 Å². The highest BCUT2D eigenvalue weighted by Gasteiger charge is 2.26. The number of nitrogens with zero attached hydrogens (tertiary/aromatic N) is 5. The van der Waals surface area contributed by atoms with Crippen molar-refractivity contribution in [1.82, 2.24) is 19.7 Å². The Morgan fingerprint density at radius 2 is 2.33 bits per heavy atom. The predicted octanol–water partition coefficient (Wildman–Crippen LogP) is 1.87. The van der Waals surface area contributed by atoms with Crippen molar-refractivity contribution in [2.45, 2.75) is 19.8 Å². The molecule has 0 bridgehead atoms. The molecule has 1 fully saturated rings. The molecule has 0 radical (unpaired) electrons. The zero-order chi connectivity index (χ0) is 15.0. The van der Waals surface area contributed by atoms with Crippen molar-refractivity contribution in [2.75, 3.05) is 18.0 Å². The lowest BCUT2D eigenvalue weighted by Crippen LogP contribution is -2.34. The van der Waals surface area contributed by atoms with Crippen LogP contribution in [0.15, 0.2) is 6.33 Å². The van der Waals surface area contributed by atoms with E-state index in [1.165, 1.54) is 24.1 Å². The largest absolute Gasteiger partial charge is 0.477 e. The van der Waals surface area contributed by atoms with E-state index in [-0.39, 0.29) is 4.88 Å². The number of carboxylic acid groups (broad SMARTS) is 1. The van der Waals surface area contributed by atoms with Crippen LogP contribution in [0.5, 0.6) is 0 Å². The van der Waals surface area contributed by atoms with E-state index < -0.39 is 5.97 Å². The van der Waals surface area contributed by atoms with Crippen LogP contribution >= 0.6 is 11.3 Å². The summed E-state index contributed by atoms with van der Waals surface area (Å²) in [6.45, 7) is 4.06. The molecule has 8 heteroatoms. The SMILES string of the molecule is C[C@@H]1CCCN(c2nc(-c3ncnn3C)c(C(=O)O)s2)C1. The molecule has 0 aromatic carbocycles. The molecule has 1 atom stereocenters. The highest BCUT2D eigenvalue weighted by atomic mass is 32.1. The minimum atomic E-state index is -0.971. The Bertz CT molecular complexity index is 665. The molecule has 1 N–H and O–H groups in total. The maximum atomic E-state index is 11.5. The predicted molar refractivity (Wildman–Crippen MR) is 79.7 cm³/mol. The van der Waals surface area contributed by atoms with Crippen LogP contribution in [0.2, 0.25) is 0 Å². The van der Waals surface area contributed by atoms with Gasteiger partial charge in [0, 0.05) is 20.1 Å². The van der Waals surface area contributed by atoms with Gasteiger partial charge in [0.1, 0.15) is 16.9 Å². The van der Waals surface area contributed by atoms with Crippen LogP contribution in [0.25, 0.3) is 11.5 Å². The molecule has 3 heterocycles. The summed E-state index contributed by atoms with van der Waals surface area (Å²) < 4.78 is 1.55. The Balaban J connectivity index is 2.01. The zero-order valence-electron chi connectivity index (χ0n) is 12.0. The van der Waals surface area contributed by atoms with Crippen molar-refractivity contribution < 1.29 is 9.90 Å². The average Bonchev–Trinajstić information content (AvgIpc) is 3.04. The first-order valence-corrected chi connectivity index (χ1v) is 7.71. The van der Waals surface area contributed by atoms with Gasteiger partial charge in [0.15, 0.2) is 11.0 Å². The lowest BCUT2D eigenvalue weighted by Gasteiger charge is -2.30. The molecule has 1 aliphatic heterocycles. The van der Waals surface area contributed by atoms with Crippen LogP contribution in [0, 0.1) is 5.92 Å². The standard InChI is InChI=1S/C13H17N5O2S/c1-8-4-3-5-18(6-8)13-16-9(10(21-13)12(19)20)11-14-7-15-17(11)2/h7-8H,3-6H2,1-2H3,(H,19,20)/t8-/m1/s1. The number of anilines is 1. The number of carboxylic acids is 1. The lowest BCUT2D eigenvalue weighted by molar-refractivity contribution is 0.0702. The van der Waals surface area contributed by atoms with Gasteiger partial charge in [0.05, 0.1) is 0 Å². The topological polar surface area (TPSA) is 84.1 Å². The van der Waals surface area contributed by atoms with Crippen molar-refractivity contribution in [3.8, 4) is 11.5 Å². The van der Waals surface area contributed by atoms with Gasteiger partial charge in [-0.2, -0.15) is 5.10 Å². The summed E-state index contributed by atoms with van der Waals surface area (Å²) in [6.07, 6.45) is 3.73. The summed E-state index contributed by atoms with van der Waals surface area (Å²) >= 11 is 1.22. The molecule has 21 heavy (non-hydrogen) atoms. The van der Waals surface area contributed by atoms with Crippen LogP contribution in [-0.4, -0.2) is 43.9 Å². The van der Waals surface area contributed by atoms with Crippen molar-refractivity contribution in [2.24, 2.45) is 13.0 Å². The molecule has 0 aliphatic carbocycles. The maximum absolute atomic E-state index is 11.5. The highest BCUT2D eigenvalue weighted by Crippen LogP contribution is 2.33. The monoisotopic (exact) mass is 307 g/mol. The lowest BCUT2D eigenvalue weighted by atomic mass is 10.0. The Labute approximate surface area is 126 Å². The summed E-state index contributed by atoms with van der Waals surface area (Å²) in [4.78, 5) is 22.5. The second-order valence-corrected chi connectivity index (χ2v) is 6.36. The highest BCUT2D eigenvalue weighted by molar-refractivity contribution is 7.17. The fraction of sp³-hybridized carbons (Fsp3) is 0.538. The van der Waals surface area contributed by atoms with E-state index in [1.807, 2.05) is 0 Å². The van der Waals surface area contributed by atoms with Gasteiger partial charge in [-0.25, -0.2) is 19.4 Å². The van der Waals surface area contributed by atoms with E-state index in [0.717, 1.165) is 24.6 Å². The third-order valence-electron chi connectivity index (χ3n) is 3.66. The minimum absolute atomic E-state index is 0.222. The van der Waals surface area contributed by atoms with E-state index in [0.29, 0.717) is 17.4 Å². The normalized spacial score (nSPS) is 19.0. The molecule has 0 amide bonds.